The normalized spacial score (nSPS) is 10.9. The van der Waals surface area contributed by atoms with E-state index in [9.17, 15) is 18.4 Å². The number of aromatic nitrogens is 3. The molecule has 174 valence electrons. The minimum absolute atomic E-state index is 0.0548. The number of nitrogens with one attached hydrogen (secondary N) is 1. The van der Waals surface area contributed by atoms with Crippen LogP contribution in [0.3, 0.4) is 0 Å². The van der Waals surface area contributed by atoms with Crippen molar-refractivity contribution >= 4 is 22.5 Å². The second kappa shape index (κ2) is 8.75. The standard InChI is InChI=1S/C25H17F2N5O3/c26-16-3-6-18(7-4-16)31-11-1-2-20(25(31)34)24(33)30-17-5-10-23(21(27)13-17)35-19-8-9-22-15(12-19)14-29-32(22)28/h1-14H,28H2,(H,30,33). The molecule has 0 aliphatic heterocycles. The first-order chi connectivity index (χ1) is 16.9. The van der Waals surface area contributed by atoms with Gasteiger partial charge in [0.1, 0.15) is 17.1 Å². The largest absolute Gasteiger partial charge is 0.454 e. The van der Waals surface area contributed by atoms with Crippen LogP contribution in [0.4, 0.5) is 14.5 Å². The van der Waals surface area contributed by atoms with E-state index in [1.54, 1.807) is 24.4 Å². The van der Waals surface area contributed by atoms with Crippen LogP contribution in [0.15, 0.2) is 90.0 Å². The quantitative estimate of drug-likeness (QED) is 0.372. The lowest BCUT2D eigenvalue weighted by molar-refractivity contribution is 0.102. The molecule has 0 atom stereocenters. The summed E-state index contributed by atoms with van der Waals surface area (Å²) < 4.78 is 34.7. The van der Waals surface area contributed by atoms with Crippen LogP contribution in [-0.4, -0.2) is 20.4 Å². The van der Waals surface area contributed by atoms with Crippen molar-refractivity contribution in [2.75, 3.05) is 11.2 Å². The van der Waals surface area contributed by atoms with E-state index in [-0.39, 0.29) is 17.0 Å². The molecule has 35 heavy (non-hydrogen) atoms. The van der Waals surface area contributed by atoms with Gasteiger partial charge in [0.15, 0.2) is 11.6 Å². The number of nitrogen functional groups attached to an aromatic ring is 1. The number of fused-ring (bicyclic) bond motifs is 1. The average Bonchev–Trinajstić information content (AvgIpc) is 3.21. The Bertz CT molecular complexity index is 1630. The molecule has 0 saturated heterocycles. The average molecular weight is 473 g/mol. The molecule has 0 aliphatic carbocycles. The number of rotatable bonds is 5. The highest BCUT2D eigenvalue weighted by Gasteiger charge is 2.15. The van der Waals surface area contributed by atoms with Gasteiger partial charge in [0.2, 0.25) is 0 Å². The molecule has 3 N–H and O–H groups in total. The number of anilines is 1. The maximum absolute atomic E-state index is 14.7. The first-order valence-corrected chi connectivity index (χ1v) is 10.4. The van der Waals surface area contributed by atoms with Crippen molar-refractivity contribution in [3.8, 4) is 17.2 Å². The van der Waals surface area contributed by atoms with Gasteiger partial charge in [-0.3, -0.25) is 14.2 Å². The van der Waals surface area contributed by atoms with Gasteiger partial charge in [0, 0.05) is 29.0 Å². The van der Waals surface area contributed by atoms with Crippen molar-refractivity contribution in [3.63, 3.8) is 0 Å². The lowest BCUT2D eigenvalue weighted by Gasteiger charge is -2.11. The molecule has 1 amide bonds. The third kappa shape index (κ3) is 4.32. The van der Waals surface area contributed by atoms with Gasteiger partial charge in [-0.05, 0) is 66.7 Å². The van der Waals surface area contributed by atoms with E-state index in [1.807, 2.05) is 0 Å². The number of benzene rings is 3. The van der Waals surface area contributed by atoms with Crippen molar-refractivity contribution in [3.05, 3.63) is 113 Å². The van der Waals surface area contributed by atoms with Crippen molar-refractivity contribution in [1.29, 1.82) is 0 Å². The van der Waals surface area contributed by atoms with Crippen molar-refractivity contribution in [1.82, 2.24) is 14.5 Å². The second-order valence-corrected chi connectivity index (χ2v) is 7.58. The number of carbonyl (C=O) groups is 1. The molecule has 0 bridgehead atoms. The summed E-state index contributed by atoms with van der Waals surface area (Å²) >= 11 is 0. The summed E-state index contributed by atoms with van der Waals surface area (Å²) in [6.07, 6.45) is 3.03. The van der Waals surface area contributed by atoms with E-state index in [0.717, 1.165) is 11.5 Å². The summed E-state index contributed by atoms with van der Waals surface area (Å²) in [5.74, 6) is 4.14. The summed E-state index contributed by atoms with van der Waals surface area (Å²) in [5, 5.41) is 7.18. The summed E-state index contributed by atoms with van der Waals surface area (Å²) in [5.41, 5.74) is 0.460. The predicted molar refractivity (Wildman–Crippen MR) is 126 cm³/mol. The number of nitrogens with two attached hydrogens (primary N) is 1. The number of ether oxygens (including phenoxy) is 1. The third-order valence-corrected chi connectivity index (χ3v) is 5.28. The highest BCUT2D eigenvalue weighted by Crippen LogP contribution is 2.29. The number of carbonyl (C=O) groups excluding carboxylic acids is 1. The number of nitrogens with zero attached hydrogens (tertiary/aromatic N) is 3. The molecule has 0 unspecified atom stereocenters. The molecule has 0 spiro atoms. The van der Waals surface area contributed by atoms with Crippen LogP contribution >= 0.6 is 0 Å². The van der Waals surface area contributed by atoms with E-state index in [0.29, 0.717) is 17.0 Å². The van der Waals surface area contributed by atoms with Crippen LogP contribution in [-0.2, 0) is 0 Å². The summed E-state index contributed by atoms with van der Waals surface area (Å²) in [4.78, 5) is 26.8. The summed E-state index contributed by atoms with van der Waals surface area (Å²) in [6, 6.07) is 17.0. The molecular weight excluding hydrogens is 456 g/mol. The van der Waals surface area contributed by atoms with Crippen molar-refractivity contribution in [2.45, 2.75) is 0 Å². The lowest BCUT2D eigenvalue weighted by Crippen LogP contribution is -2.27. The summed E-state index contributed by atoms with van der Waals surface area (Å²) in [6.45, 7) is 0. The third-order valence-electron chi connectivity index (χ3n) is 5.28. The fraction of sp³-hybridized carbons (Fsp3) is 0. The van der Waals surface area contributed by atoms with Gasteiger partial charge in [0.05, 0.1) is 11.7 Å². The molecule has 0 saturated carbocycles. The number of hydrogen-bond donors (Lipinski definition) is 2. The Hall–Kier alpha value is -4.99. The number of hydrogen-bond acceptors (Lipinski definition) is 5. The smallest absolute Gasteiger partial charge is 0.267 e. The molecule has 5 aromatic rings. The van der Waals surface area contributed by atoms with E-state index < -0.39 is 23.1 Å². The molecule has 0 aliphatic rings. The fourth-order valence-electron chi connectivity index (χ4n) is 3.55. The maximum Gasteiger partial charge on any atom is 0.267 e. The SMILES string of the molecule is Nn1ncc2cc(Oc3ccc(NC(=O)c4cccn(-c5ccc(F)cc5)c4=O)cc3F)ccc21. The fourth-order valence-corrected chi connectivity index (χ4v) is 3.55. The van der Waals surface area contributed by atoms with Crippen LogP contribution in [0.1, 0.15) is 10.4 Å². The molecule has 2 aromatic heterocycles. The van der Waals surface area contributed by atoms with Gasteiger partial charge in [-0.1, -0.05) is 0 Å². The first-order valence-electron chi connectivity index (χ1n) is 10.4. The minimum Gasteiger partial charge on any atom is -0.454 e. The van der Waals surface area contributed by atoms with Gasteiger partial charge >= 0.3 is 0 Å². The Kier molecular flexibility index (Phi) is 5.46. The lowest BCUT2D eigenvalue weighted by atomic mass is 10.2. The van der Waals surface area contributed by atoms with Gasteiger partial charge in [-0.15, -0.1) is 0 Å². The molecule has 2 heterocycles. The Morgan fingerprint density at radius 3 is 2.57 bits per heavy atom. The van der Waals surface area contributed by atoms with Crippen LogP contribution < -0.4 is 21.5 Å². The number of halogens is 2. The van der Waals surface area contributed by atoms with Crippen molar-refractivity contribution in [2.24, 2.45) is 0 Å². The van der Waals surface area contributed by atoms with Crippen LogP contribution in [0.5, 0.6) is 11.5 Å². The molecular formula is C25H17F2N5O3. The number of pyridine rings is 1. The Labute approximate surface area is 196 Å². The van der Waals surface area contributed by atoms with Crippen LogP contribution in [0.2, 0.25) is 0 Å². The monoisotopic (exact) mass is 473 g/mol. The van der Waals surface area contributed by atoms with Gasteiger partial charge < -0.3 is 15.9 Å². The zero-order chi connectivity index (χ0) is 24.5. The van der Waals surface area contributed by atoms with Gasteiger partial charge in [-0.2, -0.15) is 9.89 Å². The zero-order valence-electron chi connectivity index (χ0n) is 18.0. The number of amides is 1. The van der Waals surface area contributed by atoms with Crippen LogP contribution in [0, 0.1) is 11.6 Å². The van der Waals surface area contributed by atoms with Gasteiger partial charge in [-0.25, -0.2) is 8.78 Å². The first kappa shape index (κ1) is 21.8. The molecule has 10 heteroatoms. The minimum atomic E-state index is -0.719. The maximum atomic E-state index is 14.7. The Balaban J connectivity index is 1.34. The Morgan fingerprint density at radius 2 is 1.80 bits per heavy atom. The van der Waals surface area contributed by atoms with Gasteiger partial charge in [0.25, 0.3) is 11.5 Å². The topological polar surface area (TPSA) is 104 Å². The van der Waals surface area contributed by atoms with E-state index in [2.05, 4.69) is 10.4 Å². The summed E-state index contributed by atoms with van der Waals surface area (Å²) in [7, 11) is 0. The van der Waals surface area contributed by atoms with E-state index >= 15 is 0 Å². The van der Waals surface area contributed by atoms with Crippen molar-refractivity contribution < 1.29 is 18.3 Å². The Morgan fingerprint density at radius 1 is 1.00 bits per heavy atom. The van der Waals surface area contributed by atoms with Crippen LogP contribution in [0.25, 0.3) is 16.6 Å². The molecule has 0 fully saturated rings. The molecule has 8 nitrogen and oxygen atoms in total. The molecule has 0 radical (unpaired) electrons. The highest BCUT2D eigenvalue weighted by atomic mass is 19.1. The van der Waals surface area contributed by atoms with E-state index in [4.69, 9.17) is 10.6 Å². The van der Waals surface area contributed by atoms with E-state index in [1.165, 1.54) is 64.1 Å². The molecule has 5 rings (SSSR count). The highest BCUT2D eigenvalue weighted by molar-refractivity contribution is 6.04. The second-order valence-electron chi connectivity index (χ2n) is 7.58. The predicted octanol–water partition coefficient (Wildman–Crippen LogP) is 4.22. The molecule has 3 aromatic carbocycles. The zero-order valence-corrected chi connectivity index (χ0v) is 18.0.